The fraction of sp³-hybridized carbons (Fsp3) is 0.167. The maximum absolute atomic E-state index is 5.33. The van der Waals surface area contributed by atoms with E-state index in [9.17, 15) is 0 Å². The minimum atomic E-state index is 0.577. The molecule has 0 bridgehead atoms. The summed E-state index contributed by atoms with van der Waals surface area (Å²) in [6.45, 7) is 0.763. The molecule has 5 heteroatoms. The molecule has 5 nitrogen and oxygen atoms in total. The van der Waals surface area contributed by atoms with E-state index in [0.29, 0.717) is 17.4 Å². The lowest BCUT2D eigenvalue weighted by Crippen LogP contribution is -2.09. The molecule has 0 fully saturated rings. The van der Waals surface area contributed by atoms with Crippen LogP contribution in [0.4, 0.5) is 5.82 Å². The number of nitrogens with one attached hydrogen (secondary N) is 1. The molecule has 116 valence electrons. The smallest absolute Gasteiger partial charge is 0.180 e. The molecule has 3 aromatic rings. The molecule has 1 aromatic carbocycles. The Morgan fingerprint density at radius 3 is 2.57 bits per heavy atom. The molecule has 0 aliphatic rings. The molecule has 0 aliphatic carbocycles. The van der Waals surface area contributed by atoms with Crippen molar-refractivity contribution < 1.29 is 4.74 Å². The molecule has 3 rings (SSSR count). The Labute approximate surface area is 135 Å². The first-order valence-corrected chi connectivity index (χ1v) is 7.47. The highest BCUT2D eigenvalue weighted by atomic mass is 16.5. The van der Waals surface area contributed by atoms with E-state index < -0.39 is 0 Å². The molecule has 0 unspecified atom stereocenters. The zero-order chi connectivity index (χ0) is 15.9. The highest BCUT2D eigenvalue weighted by molar-refractivity contribution is 5.57. The molecule has 2 heterocycles. The predicted octanol–water partition coefficient (Wildman–Crippen LogP) is 3.20. The molecular formula is C18H18N4O. The van der Waals surface area contributed by atoms with Crippen LogP contribution < -0.4 is 10.1 Å². The van der Waals surface area contributed by atoms with E-state index in [-0.39, 0.29) is 0 Å². The molecule has 0 saturated carbocycles. The molecule has 0 amide bonds. The average molecular weight is 306 g/mol. The zero-order valence-electron chi connectivity index (χ0n) is 12.9. The fourth-order valence-electron chi connectivity index (χ4n) is 2.24. The van der Waals surface area contributed by atoms with Crippen molar-refractivity contribution in [2.24, 2.45) is 0 Å². The first-order chi connectivity index (χ1) is 11.4. The third kappa shape index (κ3) is 3.83. The van der Waals surface area contributed by atoms with Gasteiger partial charge in [-0.25, -0.2) is 9.97 Å². The SMILES string of the molecule is COc1cnc(-c2ccccn2)nc1NCCc1ccccc1. The number of anilines is 1. The number of aromatic nitrogens is 3. The van der Waals surface area contributed by atoms with E-state index in [1.165, 1.54) is 5.56 Å². The minimum Gasteiger partial charge on any atom is -0.491 e. The Kier molecular flexibility index (Phi) is 4.79. The van der Waals surface area contributed by atoms with Gasteiger partial charge in [0.15, 0.2) is 17.4 Å². The van der Waals surface area contributed by atoms with Gasteiger partial charge in [0.25, 0.3) is 0 Å². The largest absolute Gasteiger partial charge is 0.491 e. The summed E-state index contributed by atoms with van der Waals surface area (Å²) >= 11 is 0. The second-order valence-corrected chi connectivity index (χ2v) is 4.99. The number of benzene rings is 1. The van der Waals surface area contributed by atoms with Gasteiger partial charge in [0.05, 0.1) is 13.3 Å². The van der Waals surface area contributed by atoms with Crippen molar-refractivity contribution in [2.75, 3.05) is 19.0 Å². The van der Waals surface area contributed by atoms with E-state index in [1.807, 2.05) is 36.4 Å². The van der Waals surface area contributed by atoms with Crippen molar-refractivity contribution in [3.8, 4) is 17.3 Å². The highest BCUT2D eigenvalue weighted by Gasteiger charge is 2.09. The van der Waals surface area contributed by atoms with E-state index in [1.54, 1.807) is 19.5 Å². The van der Waals surface area contributed by atoms with Crippen LogP contribution in [0.15, 0.2) is 60.9 Å². The first-order valence-electron chi connectivity index (χ1n) is 7.47. The lowest BCUT2D eigenvalue weighted by atomic mass is 10.1. The quantitative estimate of drug-likeness (QED) is 0.758. The highest BCUT2D eigenvalue weighted by Crippen LogP contribution is 2.23. The first kappa shape index (κ1) is 15.0. The number of rotatable bonds is 6. The summed E-state index contributed by atoms with van der Waals surface area (Å²) in [5, 5.41) is 3.32. The van der Waals surface area contributed by atoms with Crippen molar-refractivity contribution in [2.45, 2.75) is 6.42 Å². The molecule has 0 radical (unpaired) electrons. The van der Waals surface area contributed by atoms with Crippen LogP contribution in [0.5, 0.6) is 5.75 Å². The van der Waals surface area contributed by atoms with E-state index in [0.717, 1.165) is 18.7 Å². The van der Waals surface area contributed by atoms with Gasteiger partial charge < -0.3 is 10.1 Å². The van der Waals surface area contributed by atoms with Gasteiger partial charge in [-0.3, -0.25) is 4.98 Å². The molecule has 1 N–H and O–H groups in total. The van der Waals surface area contributed by atoms with E-state index in [2.05, 4.69) is 32.4 Å². The summed E-state index contributed by atoms with van der Waals surface area (Å²) in [6, 6.07) is 16.0. The van der Waals surface area contributed by atoms with Crippen molar-refractivity contribution in [3.05, 3.63) is 66.5 Å². The summed E-state index contributed by atoms with van der Waals surface area (Å²) < 4.78 is 5.33. The Morgan fingerprint density at radius 1 is 1.00 bits per heavy atom. The van der Waals surface area contributed by atoms with Crippen LogP contribution >= 0.6 is 0 Å². The standard InChI is InChI=1S/C18H18N4O/c1-23-16-13-21-17(15-9-5-6-11-19-15)22-18(16)20-12-10-14-7-3-2-4-8-14/h2-9,11,13H,10,12H2,1H3,(H,20,21,22). The van der Waals surface area contributed by atoms with Gasteiger partial charge in [0.1, 0.15) is 5.69 Å². The van der Waals surface area contributed by atoms with Gasteiger partial charge in [0, 0.05) is 12.7 Å². The molecular weight excluding hydrogens is 288 g/mol. The zero-order valence-corrected chi connectivity index (χ0v) is 12.9. The number of hydrogen-bond donors (Lipinski definition) is 1. The summed E-state index contributed by atoms with van der Waals surface area (Å²) in [7, 11) is 1.61. The van der Waals surface area contributed by atoms with E-state index in [4.69, 9.17) is 4.74 Å². The molecule has 0 atom stereocenters. The fourth-order valence-corrected chi connectivity index (χ4v) is 2.24. The van der Waals surface area contributed by atoms with Gasteiger partial charge in [-0.2, -0.15) is 0 Å². The number of pyridine rings is 1. The van der Waals surface area contributed by atoms with Crippen molar-refractivity contribution in [1.82, 2.24) is 15.0 Å². The number of nitrogens with zero attached hydrogens (tertiary/aromatic N) is 3. The van der Waals surface area contributed by atoms with Crippen LogP contribution in [0.25, 0.3) is 11.5 Å². The Balaban J connectivity index is 1.74. The van der Waals surface area contributed by atoms with Crippen LogP contribution in [0.1, 0.15) is 5.56 Å². The second kappa shape index (κ2) is 7.35. The Hall–Kier alpha value is -2.95. The molecule has 2 aromatic heterocycles. The van der Waals surface area contributed by atoms with Crippen molar-refractivity contribution in [3.63, 3.8) is 0 Å². The minimum absolute atomic E-state index is 0.577. The van der Waals surface area contributed by atoms with Crippen LogP contribution in [-0.4, -0.2) is 28.6 Å². The van der Waals surface area contributed by atoms with Gasteiger partial charge >= 0.3 is 0 Å². The Bertz CT molecular complexity index is 747. The molecule has 23 heavy (non-hydrogen) atoms. The van der Waals surface area contributed by atoms with Gasteiger partial charge in [-0.15, -0.1) is 0 Å². The molecule has 0 saturated heterocycles. The second-order valence-electron chi connectivity index (χ2n) is 4.99. The van der Waals surface area contributed by atoms with Gasteiger partial charge in [-0.1, -0.05) is 36.4 Å². The van der Waals surface area contributed by atoms with Crippen molar-refractivity contribution >= 4 is 5.82 Å². The summed E-state index contributed by atoms with van der Waals surface area (Å²) in [6.07, 6.45) is 4.31. The number of ether oxygens (including phenoxy) is 1. The Morgan fingerprint density at radius 2 is 1.83 bits per heavy atom. The third-order valence-corrected chi connectivity index (χ3v) is 3.42. The molecule has 0 aliphatic heterocycles. The third-order valence-electron chi connectivity index (χ3n) is 3.42. The average Bonchev–Trinajstić information content (AvgIpc) is 2.63. The van der Waals surface area contributed by atoms with Crippen LogP contribution in [0.3, 0.4) is 0 Å². The number of methoxy groups -OCH3 is 1. The monoisotopic (exact) mass is 306 g/mol. The maximum atomic E-state index is 5.33. The summed E-state index contributed by atoms with van der Waals surface area (Å²) in [5.41, 5.74) is 2.01. The van der Waals surface area contributed by atoms with Gasteiger partial charge in [-0.05, 0) is 24.1 Å². The lowest BCUT2D eigenvalue weighted by molar-refractivity contribution is 0.413. The molecule has 0 spiro atoms. The van der Waals surface area contributed by atoms with Gasteiger partial charge in [0.2, 0.25) is 0 Å². The van der Waals surface area contributed by atoms with Crippen molar-refractivity contribution in [1.29, 1.82) is 0 Å². The summed E-state index contributed by atoms with van der Waals surface area (Å²) in [4.78, 5) is 13.1. The van der Waals surface area contributed by atoms with Crippen LogP contribution in [0, 0.1) is 0 Å². The lowest BCUT2D eigenvalue weighted by Gasteiger charge is -2.11. The van der Waals surface area contributed by atoms with Crippen LogP contribution in [0.2, 0.25) is 0 Å². The normalized spacial score (nSPS) is 10.3. The topological polar surface area (TPSA) is 59.9 Å². The number of hydrogen-bond acceptors (Lipinski definition) is 5. The summed E-state index contributed by atoms with van der Waals surface area (Å²) in [5.74, 6) is 1.88. The maximum Gasteiger partial charge on any atom is 0.180 e. The predicted molar refractivity (Wildman–Crippen MR) is 90.5 cm³/mol. The van der Waals surface area contributed by atoms with Crippen LogP contribution in [-0.2, 0) is 6.42 Å². The van der Waals surface area contributed by atoms with E-state index >= 15 is 0 Å².